The second-order valence-corrected chi connectivity index (χ2v) is 8.13. The van der Waals surface area contributed by atoms with Crippen molar-refractivity contribution in [3.8, 4) is 11.5 Å². The average molecular weight is 419 g/mol. The molecule has 1 aliphatic heterocycles. The number of ether oxygens (including phenoxy) is 3. The van der Waals surface area contributed by atoms with Crippen molar-refractivity contribution in [1.82, 2.24) is 10.2 Å². The summed E-state index contributed by atoms with van der Waals surface area (Å²) in [5.41, 5.74) is 1.11. The van der Waals surface area contributed by atoms with E-state index in [-0.39, 0.29) is 12.0 Å². The summed E-state index contributed by atoms with van der Waals surface area (Å²) >= 11 is 1.67. The zero-order valence-electron chi connectivity index (χ0n) is 17.2. The van der Waals surface area contributed by atoms with E-state index in [1.807, 2.05) is 34.5 Å². The van der Waals surface area contributed by atoms with Crippen molar-refractivity contribution >= 4 is 17.2 Å². The van der Waals surface area contributed by atoms with Gasteiger partial charge in [0.1, 0.15) is 0 Å². The van der Waals surface area contributed by atoms with Gasteiger partial charge in [0.05, 0.1) is 33.4 Å². The van der Waals surface area contributed by atoms with E-state index in [1.165, 1.54) is 4.88 Å². The van der Waals surface area contributed by atoms with E-state index in [0.29, 0.717) is 31.1 Å². The van der Waals surface area contributed by atoms with Crippen LogP contribution in [-0.2, 0) is 22.5 Å². The summed E-state index contributed by atoms with van der Waals surface area (Å²) in [4.78, 5) is 16.0. The molecule has 3 rings (SSSR count). The van der Waals surface area contributed by atoms with Crippen LogP contribution in [0.15, 0.2) is 35.7 Å². The standard InChI is InChI=1S/C22H30N2O4S/c1-26-20-8-7-17(13-21(20)27-2)9-10-24(16-19-6-4-12-29-19)22(25)15-23-14-18-5-3-11-28-18/h4,6-8,12-13,18,23H,3,5,9-11,14-16H2,1-2H3/t18-/m0/s1. The lowest BCUT2D eigenvalue weighted by Crippen LogP contribution is -2.40. The Hall–Kier alpha value is -2.09. The second kappa shape index (κ2) is 11.2. The molecule has 7 heteroatoms. The highest BCUT2D eigenvalue weighted by Crippen LogP contribution is 2.27. The van der Waals surface area contributed by atoms with E-state index < -0.39 is 0 Å². The predicted octanol–water partition coefficient (Wildman–Crippen LogP) is 3.11. The van der Waals surface area contributed by atoms with Crippen molar-refractivity contribution in [1.29, 1.82) is 0 Å². The highest BCUT2D eigenvalue weighted by Gasteiger charge is 2.18. The van der Waals surface area contributed by atoms with E-state index in [4.69, 9.17) is 14.2 Å². The quantitative estimate of drug-likeness (QED) is 0.608. The Balaban J connectivity index is 1.58. The molecule has 1 aliphatic rings. The van der Waals surface area contributed by atoms with Gasteiger partial charge in [0, 0.05) is 24.6 Å². The smallest absolute Gasteiger partial charge is 0.236 e. The summed E-state index contributed by atoms with van der Waals surface area (Å²) in [6.45, 7) is 3.17. The summed E-state index contributed by atoms with van der Waals surface area (Å²) in [5, 5.41) is 5.31. The van der Waals surface area contributed by atoms with Crippen LogP contribution in [-0.4, -0.2) is 57.4 Å². The number of thiophene rings is 1. The molecule has 1 aromatic carbocycles. The molecule has 2 aromatic rings. The first kappa shape index (κ1) is 21.6. The first-order chi connectivity index (χ1) is 14.2. The van der Waals surface area contributed by atoms with Gasteiger partial charge >= 0.3 is 0 Å². The summed E-state index contributed by atoms with van der Waals surface area (Å²) in [6, 6.07) is 9.99. The minimum absolute atomic E-state index is 0.108. The maximum atomic E-state index is 12.9. The molecule has 29 heavy (non-hydrogen) atoms. The Labute approximate surface area is 176 Å². The highest BCUT2D eigenvalue weighted by atomic mass is 32.1. The van der Waals surface area contributed by atoms with Crippen LogP contribution >= 0.6 is 11.3 Å². The van der Waals surface area contributed by atoms with Crippen molar-refractivity contribution < 1.29 is 19.0 Å². The third kappa shape index (κ3) is 6.45. The van der Waals surface area contributed by atoms with Crippen molar-refractivity contribution in [2.45, 2.75) is 31.9 Å². The number of carbonyl (C=O) groups is 1. The minimum atomic E-state index is 0.108. The van der Waals surface area contributed by atoms with Gasteiger partial charge in [0.25, 0.3) is 0 Å². The molecule has 158 valence electrons. The molecular weight excluding hydrogens is 388 g/mol. The molecule has 0 unspecified atom stereocenters. The summed E-state index contributed by atoms with van der Waals surface area (Å²) in [5.74, 6) is 1.53. The molecular formula is C22H30N2O4S. The normalized spacial score (nSPS) is 16.0. The molecule has 1 aromatic heterocycles. The van der Waals surface area contributed by atoms with E-state index >= 15 is 0 Å². The predicted molar refractivity (Wildman–Crippen MR) is 115 cm³/mol. The molecule has 1 N–H and O–H groups in total. The Morgan fingerprint density at radius 1 is 1.28 bits per heavy atom. The Kier molecular flexibility index (Phi) is 8.34. The van der Waals surface area contributed by atoms with Gasteiger partial charge in [-0.1, -0.05) is 12.1 Å². The molecule has 2 heterocycles. The second-order valence-electron chi connectivity index (χ2n) is 7.10. The number of nitrogens with zero attached hydrogens (tertiary/aromatic N) is 1. The summed E-state index contributed by atoms with van der Waals surface area (Å²) in [7, 11) is 3.26. The minimum Gasteiger partial charge on any atom is -0.493 e. The van der Waals surface area contributed by atoms with Gasteiger partial charge in [0.2, 0.25) is 5.91 Å². The first-order valence-corrected chi connectivity index (χ1v) is 10.9. The van der Waals surface area contributed by atoms with Gasteiger partial charge in [-0.15, -0.1) is 11.3 Å². The topological polar surface area (TPSA) is 60.0 Å². The fraction of sp³-hybridized carbons (Fsp3) is 0.500. The van der Waals surface area contributed by atoms with Crippen LogP contribution in [0.2, 0.25) is 0 Å². The van der Waals surface area contributed by atoms with Crippen molar-refractivity contribution in [3.05, 3.63) is 46.2 Å². The number of methoxy groups -OCH3 is 2. The van der Waals surface area contributed by atoms with Crippen LogP contribution < -0.4 is 14.8 Å². The number of amides is 1. The molecule has 0 bridgehead atoms. The molecule has 0 radical (unpaired) electrons. The van der Waals surface area contributed by atoms with Crippen LogP contribution in [0.4, 0.5) is 0 Å². The van der Waals surface area contributed by atoms with Gasteiger partial charge < -0.3 is 24.4 Å². The fourth-order valence-corrected chi connectivity index (χ4v) is 4.16. The lowest BCUT2D eigenvalue weighted by Gasteiger charge is -2.23. The van der Waals surface area contributed by atoms with Crippen molar-refractivity contribution in [2.24, 2.45) is 0 Å². The third-order valence-corrected chi connectivity index (χ3v) is 5.93. The van der Waals surface area contributed by atoms with Crippen LogP contribution in [0, 0.1) is 0 Å². The molecule has 1 fully saturated rings. The van der Waals surface area contributed by atoms with Gasteiger partial charge in [-0.2, -0.15) is 0 Å². The van der Waals surface area contributed by atoms with Gasteiger partial charge in [-0.3, -0.25) is 4.79 Å². The number of nitrogens with one attached hydrogen (secondary N) is 1. The number of carbonyl (C=O) groups excluding carboxylic acids is 1. The van der Waals surface area contributed by atoms with E-state index in [9.17, 15) is 4.79 Å². The maximum Gasteiger partial charge on any atom is 0.236 e. The van der Waals surface area contributed by atoms with Crippen molar-refractivity contribution in [3.63, 3.8) is 0 Å². The van der Waals surface area contributed by atoms with E-state index in [1.54, 1.807) is 25.6 Å². The largest absolute Gasteiger partial charge is 0.493 e. The zero-order chi connectivity index (χ0) is 20.5. The zero-order valence-corrected chi connectivity index (χ0v) is 18.0. The molecule has 1 saturated heterocycles. The number of rotatable bonds is 11. The Morgan fingerprint density at radius 3 is 2.83 bits per heavy atom. The SMILES string of the molecule is COc1ccc(CCN(Cc2cccs2)C(=O)CNC[C@@H]2CCCO2)cc1OC. The summed E-state index contributed by atoms with van der Waals surface area (Å²) < 4.78 is 16.3. The lowest BCUT2D eigenvalue weighted by atomic mass is 10.1. The van der Waals surface area contributed by atoms with Gasteiger partial charge in [-0.05, 0) is 48.4 Å². The average Bonchev–Trinajstić information content (AvgIpc) is 3.45. The Bertz CT molecular complexity index is 760. The molecule has 0 spiro atoms. The maximum absolute atomic E-state index is 12.9. The van der Waals surface area contributed by atoms with E-state index in [2.05, 4.69) is 11.4 Å². The molecule has 0 saturated carbocycles. The number of hydrogen-bond donors (Lipinski definition) is 1. The summed E-state index contributed by atoms with van der Waals surface area (Å²) in [6.07, 6.45) is 3.17. The van der Waals surface area contributed by atoms with Crippen molar-refractivity contribution in [2.75, 3.05) is 40.5 Å². The van der Waals surface area contributed by atoms with Gasteiger partial charge in [-0.25, -0.2) is 0 Å². The van der Waals surface area contributed by atoms with Crippen LogP contribution in [0.5, 0.6) is 11.5 Å². The van der Waals surface area contributed by atoms with Crippen LogP contribution in [0.1, 0.15) is 23.3 Å². The van der Waals surface area contributed by atoms with E-state index in [0.717, 1.165) is 38.0 Å². The lowest BCUT2D eigenvalue weighted by molar-refractivity contribution is -0.130. The highest BCUT2D eigenvalue weighted by molar-refractivity contribution is 7.09. The first-order valence-electron chi connectivity index (χ1n) is 10.0. The molecule has 0 aliphatic carbocycles. The molecule has 6 nitrogen and oxygen atoms in total. The fourth-order valence-electron chi connectivity index (χ4n) is 3.44. The number of hydrogen-bond acceptors (Lipinski definition) is 6. The Morgan fingerprint density at radius 2 is 2.14 bits per heavy atom. The third-order valence-electron chi connectivity index (χ3n) is 5.07. The number of benzene rings is 1. The monoisotopic (exact) mass is 418 g/mol. The molecule has 1 atom stereocenters. The van der Waals surface area contributed by atoms with Gasteiger partial charge in [0.15, 0.2) is 11.5 Å². The van der Waals surface area contributed by atoms with Crippen LogP contribution in [0.3, 0.4) is 0 Å². The van der Waals surface area contributed by atoms with Crippen LogP contribution in [0.25, 0.3) is 0 Å². The molecule has 1 amide bonds.